The molecule has 0 fully saturated rings. The van der Waals surface area contributed by atoms with Gasteiger partial charge in [0.2, 0.25) is 0 Å². The van der Waals surface area contributed by atoms with Crippen molar-refractivity contribution in [1.29, 1.82) is 0 Å². The fourth-order valence-electron chi connectivity index (χ4n) is 2.75. The van der Waals surface area contributed by atoms with Crippen molar-refractivity contribution in [3.63, 3.8) is 0 Å². The SMILES string of the molecule is CC(C)n1ncc(-c2nc(Cn3cncn3)nn2Cc2cccnc2)c1I. The van der Waals surface area contributed by atoms with Gasteiger partial charge in [-0.25, -0.2) is 19.3 Å². The summed E-state index contributed by atoms with van der Waals surface area (Å²) in [4.78, 5) is 12.9. The van der Waals surface area contributed by atoms with Gasteiger partial charge in [-0.2, -0.15) is 15.3 Å². The molecule has 10 heteroatoms. The van der Waals surface area contributed by atoms with Gasteiger partial charge in [0.05, 0.1) is 18.3 Å². The van der Waals surface area contributed by atoms with Gasteiger partial charge < -0.3 is 0 Å². The molecule has 0 bridgehead atoms. The average molecular weight is 475 g/mol. The second kappa shape index (κ2) is 7.55. The van der Waals surface area contributed by atoms with Crippen LogP contribution >= 0.6 is 22.6 Å². The molecule has 0 aromatic carbocycles. The van der Waals surface area contributed by atoms with Crippen molar-refractivity contribution in [2.45, 2.75) is 33.0 Å². The van der Waals surface area contributed by atoms with Gasteiger partial charge in [0.15, 0.2) is 11.6 Å². The third kappa shape index (κ3) is 3.75. The van der Waals surface area contributed by atoms with Crippen LogP contribution in [0, 0.1) is 3.70 Å². The van der Waals surface area contributed by atoms with Crippen LogP contribution in [-0.4, -0.2) is 44.3 Å². The van der Waals surface area contributed by atoms with Crippen LogP contribution in [0.5, 0.6) is 0 Å². The van der Waals surface area contributed by atoms with Crippen LogP contribution in [0.2, 0.25) is 0 Å². The van der Waals surface area contributed by atoms with E-state index in [1.807, 2.05) is 33.9 Å². The molecule has 4 aromatic rings. The maximum absolute atomic E-state index is 4.77. The highest BCUT2D eigenvalue weighted by Crippen LogP contribution is 2.26. The lowest BCUT2D eigenvalue weighted by atomic mass is 10.3. The monoisotopic (exact) mass is 475 g/mol. The Kier molecular flexibility index (Phi) is 4.97. The van der Waals surface area contributed by atoms with Gasteiger partial charge in [-0.05, 0) is 48.1 Å². The Morgan fingerprint density at radius 2 is 2.00 bits per heavy atom. The number of pyridine rings is 1. The van der Waals surface area contributed by atoms with E-state index in [9.17, 15) is 0 Å². The lowest BCUT2D eigenvalue weighted by molar-refractivity contribution is 0.521. The molecule has 0 spiro atoms. The third-order valence-corrected chi connectivity index (χ3v) is 5.08. The maximum Gasteiger partial charge on any atom is 0.172 e. The van der Waals surface area contributed by atoms with E-state index in [0.717, 1.165) is 20.7 Å². The highest BCUT2D eigenvalue weighted by atomic mass is 127. The Morgan fingerprint density at radius 1 is 1.11 bits per heavy atom. The van der Waals surface area contributed by atoms with Gasteiger partial charge in [0, 0.05) is 18.4 Å². The molecule has 4 heterocycles. The number of halogens is 1. The number of aromatic nitrogens is 9. The van der Waals surface area contributed by atoms with Gasteiger partial charge in [0.25, 0.3) is 0 Å². The minimum atomic E-state index is 0.273. The van der Waals surface area contributed by atoms with Crippen LogP contribution in [0.1, 0.15) is 31.3 Å². The second-order valence-electron chi connectivity index (χ2n) is 6.35. The van der Waals surface area contributed by atoms with Crippen molar-refractivity contribution in [2.75, 3.05) is 0 Å². The fourth-order valence-corrected chi connectivity index (χ4v) is 3.81. The van der Waals surface area contributed by atoms with Gasteiger partial charge in [-0.3, -0.25) is 9.67 Å². The first-order valence-corrected chi connectivity index (χ1v) is 9.58. The molecule has 0 amide bonds. The van der Waals surface area contributed by atoms with Gasteiger partial charge in [-0.15, -0.1) is 0 Å². The molecule has 0 atom stereocenters. The predicted molar refractivity (Wildman–Crippen MR) is 107 cm³/mol. The number of hydrogen-bond donors (Lipinski definition) is 0. The van der Waals surface area contributed by atoms with E-state index in [1.165, 1.54) is 6.33 Å². The molecular formula is C17H18IN9. The van der Waals surface area contributed by atoms with Gasteiger partial charge in [-0.1, -0.05) is 6.07 Å². The Hall–Kier alpha value is -2.63. The molecule has 9 nitrogen and oxygen atoms in total. The standard InChI is InChI=1S/C17H18IN9/c1-12(2)27-16(18)14(7-21-27)17-23-15(9-25-11-20-10-22-25)24-26(17)8-13-4-3-5-19-6-13/h3-7,10-12H,8-9H2,1-2H3. The largest absolute Gasteiger partial charge is 0.264 e. The summed E-state index contributed by atoms with van der Waals surface area (Å²) in [5.41, 5.74) is 2.02. The summed E-state index contributed by atoms with van der Waals surface area (Å²) in [7, 11) is 0. The molecule has 0 N–H and O–H groups in total. The number of hydrogen-bond acceptors (Lipinski definition) is 6. The van der Waals surface area contributed by atoms with E-state index in [0.29, 0.717) is 18.9 Å². The van der Waals surface area contributed by atoms with E-state index < -0.39 is 0 Å². The average Bonchev–Trinajstić information content (AvgIpc) is 3.37. The Morgan fingerprint density at radius 3 is 2.67 bits per heavy atom. The molecule has 138 valence electrons. The lowest BCUT2D eigenvalue weighted by Gasteiger charge is -2.08. The minimum absolute atomic E-state index is 0.273. The van der Waals surface area contributed by atoms with Crippen molar-refractivity contribution in [1.82, 2.24) is 44.3 Å². The summed E-state index contributed by atoms with van der Waals surface area (Å²) >= 11 is 2.31. The molecule has 4 rings (SSSR count). The molecule has 0 saturated heterocycles. The Bertz CT molecular complexity index is 1020. The van der Waals surface area contributed by atoms with Crippen LogP contribution in [-0.2, 0) is 13.1 Å². The van der Waals surface area contributed by atoms with E-state index in [4.69, 9.17) is 10.1 Å². The summed E-state index contributed by atoms with van der Waals surface area (Å²) in [5, 5.41) is 13.4. The van der Waals surface area contributed by atoms with Crippen LogP contribution in [0.4, 0.5) is 0 Å². The molecule has 0 radical (unpaired) electrons. The molecule has 27 heavy (non-hydrogen) atoms. The van der Waals surface area contributed by atoms with Crippen molar-refractivity contribution in [3.8, 4) is 11.4 Å². The zero-order valence-electron chi connectivity index (χ0n) is 14.9. The fraction of sp³-hybridized carbons (Fsp3) is 0.294. The molecule has 0 saturated carbocycles. The predicted octanol–water partition coefficient (Wildman–Crippen LogP) is 2.41. The summed E-state index contributed by atoms with van der Waals surface area (Å²) in [6.07, 6.45) is 8.61. The minimum Gasteiger partial charge on any atom is -0.264 e. The van der Waals surface area contributed by atoms with Crippen molar-refractivity contribution < 1.29 is 0 Å². The highest BCUT2D eigenvalue weighted by molar-refractivity contribution is 14.1. The van der Waals surface area contributed by atoms with Crippen LogP contribution in [0.15, 0.2) is 43.4 Å². The molecule has 0 unspecified atom stereocenters. The zero-order valence-corrected chi connectivity index (χ0v) is 17.1. The Balaban J connectivity index is 1.75. The second-order valence-corrected chi connectivity index (χ2v) is 7.37. The summed E-state index contributed by atoms with van der Waals surface area (Å²) in [6, 6.07) is 4.22. The third-order valence-electron chi connectivity index (χ3n) is 4.01. The first kappa shape index (κ1) is 17.8. The lowest BCUT2D eigenvalue weighted by Crippen LogP contribution is -2.07. The first-order chi connectivity index (χ1) is 13.1. The van der Waals surface area contributed by atoms with Crippen molar-refractivity contribution in [3.05, 3.63) is 58.5 Å². The maximum atomic E-state index is 4.77. The van der Waals surface area contributed by atoms with Gasteiger partial charge >= 0.3 is 0 Å². The van der Waals surface area contributed by atoms with Crippen LogP contribution in [0.3, 0.4) is 0 Å². The molecule has 0 aliphatic rings. The highest BCUT2D eigenvalue weighted by Gasteiger charge is 2.19. The summed E-state index contributed by atoms with van der Waals surface area (Å²) in [5.74, 6) is 1.46. The number of nitrogens with zero attached hydrogens (tertiary/aromatic N) is 9. The normalized spacial score (nSPS) is 11.4. The quantitative estimate of drug-likeness (QED) is 0.398. The topological polar surface area (TPSA) is 92.1 Å². The molecule has 4 aromatic heterocycles. The van der Waals surface area contributed by atoms with Crippen molar-refractivity contribution in [2.24, 2.45) is 0 Å². The molecule has 0 aliphatic heterocycles. The number of rotatable bonds is 6. The van der Waals surface area contributed by atoms with E-state index >= 15 is 0 Å². The van der Waals surface area contributed by atoms with E-state index in [1.54, 1.807) is 17.2 Å². The van der Waals surface area contributed by atoms with Crippen LogP contribution < -0.4 is 0 Å². The molecular weight excluding hydrogens is 457 g/mol. The smallest absolute Gasteiger partial charge is 0.172 e. The summed E-state index contributed by atoms with van der Waals surface area (Å²) in [6.45, 7) is 5.25. The zero-order chi connectivity index (χ0) is 18.8. The van der Waals surface area contributed by atoms with Crippen molar-refractivity contribution >= 4 is 22.6 Å². The Labute approximate surface area is 169 Å². The molecule has 0 aliphatic carbocycles. The van der Waals surface area contributed by atoms with E-state index in [-0.39, 0.29) is 6.04 Å². The summed E-state index contributed by atoms with van der Waals surface area (Å²) < 4.78 is 6.62. The first-order valence-electron chi connectivity index (χ1n) is 8.50. The van der Waals surface area contributed by atoms with Crippen LogP contribution in [0.25, 0.3) is 11.4 Å². The van der Waals surface area contributed by atoms with Gasteiger partial charge in [0.1, 0.15) is 22.9 Å². The van der Waals surface area contributed by atoms with E-state index in [2.05, 4.69) is 56.6 Å².